The number of nitrogens with two attached hydrogens (primary N) is 1. The average Bonchev–Trinajstić information content (AvgIpc) is 2.02. The van der Waals surface area contributed by atoms with E-state index in [2.05, 4.69) is 22.9 Å². The highest BCUT2D eigenvalue weighted by Crippen LogP contribution is 2.27. The maximum Gasteiger partial charge on any atom is 0.0420 e. The van der Waals surface area contributed by atoms with Crippen LogP contribution < -0.4 is 5.73 Å². The normalized spacial score (nSPS) is 15.5. The second-order valence-electron chi connectivity index (χ2n) is 3.43. The van der Waals surface area contributed by atoms with Crippen LogP contribution in [0.5, 0.6) is 0 Å². The number of hydrogen-bond acceptors (Lipinski definition) is 1. The Labute approximate surface area is 92.4 Å². The molecule has 3 heteroatoms. The number of rotatable bonds is 2. The monoisotopic (exact) mass is 261 g/mol. The van der Waals surface area contributed by atoms with E-state index < -0.39 is 0 Å². The van der Waals surface area contributed by atoms with Crippen molar-refractivity contribution in [3.63, 3.8) is 0 Å². The molecular weight excluding hydrogens is 249 g/mol. The van der Waals surface area contributed by atoms with E-state index in [0.717, 1.165) is 21.5 Å². The predicted molar refractivity (Wildman–Crippen MR) is 61.0 cm³/mol. The first kappa shape index (κ1) is 11.0. The highest BCUT2D eigenvalue weighted by atomic mass is 79.9. The van der Waals surface area contributed by atoms with Crippen LogP contribution in [0, 0.1) is 0 Å². The summed E-state index contributed by atoms with van der Waals surface area (Å²) in [5.74, 6) is 0. The van der Waals surface area contributed by atoms with Crippen molar-refractivity contribution in [3.8, 4) is 0 Å². The molecule has 2 N–H and O–H groups in total. The van der Waals surface area contributed by atoms with Gasteiger partial charge < -0.3 is 5.73 Å². The predicted octanol–water partition coefficient (Wildman–Crippen LogP) is 3.69. The fourth-order valence-electron chi connectivity index (χ4n) is 1.09. The Morgan fingerprint density at radius 1 is 1.46 bits per heavy atom. The molecule has 0 bridgehead atoms. The maximum absolute atomic E-state index is 6.10. The van der Waals surface area contributed by atoms with Gasteiger partial charge in [-0.2, -0.15) is 0 Å². The zero-order chi connectivity index (χ0) is 10.1. The summed E-state index contributed by atoms with van der Waals surface area (Å²) < 4.78 is 0.972. The lowest BCUT2D eigenvalue weighted by atomic mass is 9.91. The van der Waals surface area contributed by atoms with E-state index in [0.29, 0.717) is 0 Å². The Kier molecular flexibility index (Phi) is 3.38. The van der Waals surface area contributed by atoms with Crippen molar-refractivity contribution in [3.05, 3.63) is 33.3 Å². The van der Waals surface area contributed by atoms with Crippen LogP contribution in [-0.4, -0.2) is 0 Å². The topological polar surface area (TPSA) is 26.0 Å². The Morgan fingerprint density at radius 3 is 2.54 bits per heavy atom. The number of benzene rings is 1. The summed E-state index contributed by atoms with van der Waals surface area (Å²) in [7, 11) is 0. The van der Waals surface area contributed by atoms with Gasteiger partial charge in [0.05, 0.1) is 0 Å². The first-order chi connectivity index (χ1) is 5.95. The highest BCUT2D eigenvalue weighted by molar-refractivity contribution is 9.10. The summed E-state index contributed by atoms with van der Waals surface area (Å²) in [6.45, 7) is 4.07. The standard InChI is InChI=1S/C10H13BrClN/c1-3-10(2,13)7-4-8(11)6-9(12)5-7/h4-6H,3,13H2,1-2H3. The summed E-state index contributed by atoms with van der Waals surface area (Å²) in [6.07, 6.45) is 0.889. The van der Waals surface area contributed by atoms with E-state index in [1.54, 1.807) is 0 Å². The van der Waals surface area contributed by atoms with Crippen molar-refractivity contribution in [2.45, 2.75) is 25.8 Å². The summed E-state index contributed by atoms with van der Waals surface area (Å²) in [6, 6.07) is 5.78. The molecule has 1 aromatic rings. The Morgan fingerprint density at radius 2 is 2.08 bits per heavy atom. The zero-order valence-corrected chi connectivity index (χ0v) is 10.1. The van der Waals surface area contributed by atoms with Crippen LogP contribution in [0.3, 0.4) is 0 Å². The van der Waals surface area contributed by atoms with Gasteiger partial charge in [-0.05, 0) is 37.1 Å². The first-order valence-electron chi connectivity index (χ1n) is 4.21. The molecule has 0 aromatic heterocycles. The van der Waals surface area contributed by atoms with E-state index in [1.807, 2.05) is 25.1 Å². The molecule has 1 unspecified atom stereocenters. The van der Waals surface area contributed by atoms with Crippen molar-refractivity contribution in [1.29, 1.82) is 0 Å². The van der Waals surface area contributed by atoms with Gasteiger partial charge in [0.1, 0.15) is 0 Å². The van der Waals surface area contributed by atoms with Crippen LogP contribution >= 0.6 is 27.5 Å². The zero-order valence-electron chi connectivity index (χ0n) is 7.77. The first-order valence-corrected chi connectivity index (χ1v) is 5.38. The van der Waals surface area contributed by atoms with Gasteiger partial charge in [-0.1, -0.05) is 34.5 Å². The van der Waals surface area contributed by atoms with Crippen molar-refractivity contribution in [2.75, 3.05) is 0 Å². The minimum absolute atomic E-state index is 0.298. The molecule has 0 heterocycles. The second kappa shape index (κ2) is 3.99. The molecule has 0 saturated carbocycles. The molecule has 0 fully saturated rings. The van der Waals surface area contributed by atoms with Crippen LogP contribution in [-0.2, 0) is 5.54 Å². The van der Waals surface area contributed by atoms with Gasteiger partial charge in [-0.25, -0.2) is 0 Å². The quantitative estimate of drug-likeness (QED) is 0.864. The molecule has 0 aliphatic carbocycles. The summed E-state index contributed by atoms with van der Waals surface area (Å²) >= 11 is 9.32. The molecule has 0 radical (unpaired) electrons. The third-order valence-corrected chi connectivity index (χ3v) is 2.93. The molecule has 0 aliphatic heterocycles. The number of hydrogen-bond donors (Lipinski definition) is 1. The van der Waals surface area contributed by atoms with Crippen LogP contribution in [0.4, 0.5) is 0 Å². The SMILES string of the molecule is CCC(C)(N)c1cc(Cl)cc(Br)c1. The van der Waals surface area contributed by atoms with Crippen LogP contribution in [0.2, 0.25) is 5.02 Å². The summed E-state index contributed by atoms with van der Waals surface area (Å²) in [5, 5.41) is 0.717. The number of halogens is 2. The van der Waals surface area contributed by atoms with E-state index in [-0.39, 0.29) is 5.54 Å². The average molecular weight is 263 g/mol. The van der Waals surface area contributed by atoms with Crippen molar-refractivity contribution >= 4 is 27.5 Å². The lowest BCUT2D eigenvalue weighted by Gasteiger charge is -2.23. The molecule has 13 heavy (non-hydrogen) atoms. The van der Waals surface area contributed by atoms with Crippen molar-refractivity contribution in [2.24, 2.45) is 5.73 Å². The van der Waals surface area contributed by atoms with Gasteiger partial charge in [0.2, 0.25) is 0 Å². The minimum atomic E-state index is -0.298. The molecule has 1 atom stereocenters. The molecule has 72 valence electrons. The second-order valence-corrected chi connectivity index (χ2v) is 4.78. The molecular formula is C10H13BrClN. The molecule has 1 rings (SSSR count). The molecule has 0 aliphatic rings. The molecule has 1 aromatic carbocycles. The summed E-state index contributed by atoms with van der Waals surface area (Å²) in [5.41, 5.74) is 6.86. The lowest BCUT2D eigenvalue weighted by molar-refractivity contribution is 0.476. The van der Waals surface area contributed by atoms with Crippen molar-refractivity contribution in [1.82, 2.24) is 0 Å². The van der Waals surface area contributed by atoms with Crippen LogP contribution in [0.1, 0.15) is 25.8 Å². The minimum Gasteiger partial charge on any atom is -0.322 e. The van der Waals surface area contributed by atoms with Gasteiger partial charge in [-0.3, -0.25) is 0 Å². The molecule has 0 saturated heterocycles. The largest absolute Gasteiger partial charge is 0.322 e. The Balaban J connectivity index is 3.15. The van der Waals surface area contributed by atoms with E-state index in [4.69, 9.17) is 17.3 Å². The lowest BCUT2D eigenvalue weighted by Crippen LogP contribution is -2.31. The van der Waals surface area contributed by atoms with Gasteiger partial charge in [0.15, 0.2) is 0 Å². The summed E-state index contributed by atoms with van der Waals surface area (Å²) in [4.78, 5) is 0. The van der Waals surface area contributed by atoms with E-state index in [9.17, 15) is 0 Å². The van der Waals surface area contributed by atoms with Gasteiger partial charge in [-0.15, -0.1) is 0 Å². The Bertz CT molecular complexity index is 290. The van der Waals surface area contributed by atoms with Crippen LogP contribution in [0.15, 0.2) is 22.7 Å². The third kappa shape index (κ3) is 2.70. The van der Waals surface area contributed by atoms with Gasteiger partial charge in [0.25, 0.3) is 0 Å². The van der Waals surface area contributed by atoms with Crippen LogP contribution in [0.25, 0.3) is 0 Å². The maximum atomic E-state index is 6.10. The highest BCUT2D eigenvalue weighted by Gasteiger charge is 2.19. The Hall–Kier alpha value is -0.0500. The smallest absolute Gasteiger partial charge is 0.0420 e. The molecule has 0 amide bonds. The van der Waals surface area contributed by atoms with Crippen molar-refractivity contribution < 1.29 is 0 Å². The fraction of sp³-hybridized carbons (Fsp3) is 0.400. The molecule has 1 nitrogen and oxygen atoms in total. The van der Waals surface area contributed by atoms with Gasteiger partial charge >= 0.3 is 0 Å². The van der Waals surface area contributed by atoms with E-state index >= 15 is 0 Å². The molecule has 0 spiro atoms. The third-order valence-electron chi connectivity index (χ3n) is 2.26. The fourth-order valence-corrected chi connectivity index (χ4v) is 1.95. The van der Waals surface area contributed by atoms with E-state index in [1.165, 1.54) is 0 Å². The van der Waals surface area contributed by atoms with Gasteiger partial charge in [0, 0.05) is 15.0 Å².